The third kappa shape index (κ3) is 73.0. The average Bonchev–Trinajstić information content (AvgIpc) is 0.922. The van der Waals surface area contributed by atoms with E-state index in [1.54, 1.807) is 0 Å². The number of rotatable bonds is 78. The number of aliphatic hydroxyl groups excluding tert-OH is 1. The Balaban J connectivity index is 5.13. The first-order chi connectivity index (χ1) is 48.1. The fourth-order valence-electron chi connectivity index (χ4n) is 12.4. The fraction of sp³-hybridized carbons (Fsp3) is 0.951. The van der Waals surface area contributed by atoms with E-state index in [9.17, 15) is 43.2 Å². The van der Waals surface area contributed by atoms with Crippen LogP contribution < -0.4 is 0 Å². The van der Waals surface area contributed by atoms with Gasteiger partial charge in [-0.05, 0) is 49.4 Å². The third-order valence-corrected chi connectivity index (χ3v) is 21.1. The minimum atomic E-state index is -4.96. The van der Waals surface area contributed by atoms with Crippen LogP contribution >= 0.6 is 15.6 Å². The molecule has 0 bridgehead atoms. The molecule has 0 fully saturated rings. The van der Waals surface area contributed by atoms with Gasteiger partial charge < -0.3 is 33.8 Å². The van der Waals surface area contributed by atoms with Crippen LogP contribution in [0, 0.1) is 23.7 Å². The maximum absolute atomic E-state index is 13.1. The maximum Gasteiger partial charge on any atom is 0.472 e. The van der Waals surface area contributed by atoms with E-state index in [0.29, 0.717) is 31.6 Å². The second-order valence-corrected chi connectivity index (χ2v) is 33.7. The number of phosphoric ester groups is 2. The van der Waals surface area contributed by atoms with Crippen LogP contribution in [0.4, 0.5) is 0 Å². The standard InChI is InChI=1S/C81H158O17P2/c1-9-74(8)60-52-44-39-40-48-56-64-81(86)98-77(68-91-78(83)61-53-45-36-30-26-22-18-13-11-10-12-16-20-24-28-33-41-49-57-71(2)3)70-96-100(89,90)94-66-75(82)65-93-99(87,88)95-69-76(67-92-79(84)62-54-46-38-32-35-43-51-59-73(6)7)97-80(85)63-55-47-37-31-27-23-19-15-14-17-21-25-29-34-42-50-58-72(4)5/h71-77,82H,9-70H2,1-8H3,(H,87,88)(H,89,90)/t74?,75?,76-,77-/m1/s1. The van der Waals surface area contributed by atoms with E-state index in [4.69, 9.17) is 37.0 Å². The number of aliphatic hydroxyl groups is 1. The highest BCUT2D eigenvalue weighted by molar-refractivity contribution is 7.47. The van der Waals surface area contributed by atoms with Gasteiger partial charge >= 0.3 is 39.5 Å². The number of phosphoric acid groups is 2. The molecular formula is C81H158O17P2. The molecule has 594 valence electrons. The zero-order chi connectivity index (χ0) is 73.8. The van der Waals surface area contributed by atoms with Crippen molar-refractivity contribution < 1.29 is 80.2 Å². The number of hydrogen-bond donors (Lipinski definition) is 3. The van der Waals surface area contributed by atoms with Gasteiger partial charge in [-0.15, -0.1) is 0 Å². The number of carbonyl (C=O) groups excluding carboxylic acids is 4. The fourth-order valence-corrected chi connectivity index (χ4v) is 14.0. The molecule has 0 saturated heterocycles. The molecule has 0 aliphatic carbocycles. The van der Waals surface area contributed by atoms with E-state index < -0.39 is 97.5 Å². The van der Waals surface area contributed by atoms with Crippen molar-refractivity contribution in [2.24, 2.45) is 23.7 Å². The van der Waals surface area contributed by atoms with Crippen LogP contribution in [0.15, 0.2) is 0 Å². The number of carbonyl (C=O) groups is 4. The molecule has 0 aliphatic rings. The summed E-state index contributed by atoms with van der Waals surface area (Å²) in [7, 11) is -9.92. The van der Waals surface area contributed by atoms with Gasteiger partial charge in [0, 0.05) is 25.7 Å². The maximum atomic E-state index is 13.1. The van der Waals surface area contributed by atoms with Gasteiger partial charge in [-0.1, -0.05) is 364 Å². The summed E-state index contributed by atoms with van der Waals surface area (Å²) in [5.41, 5.74) is 0. The summed E-state index contributed by atoms with van der Waals surface area (Å²) in [6.07, 6.45) is 57.2. The van der Waals surface area contributed by atoms with Gasteiger partial charge in [0.2, 0.25) is 0 Å². The number of esters is 4. The lowest BCUT2D eigenvalue weighted by atomic mass is 10.00. The first-order valence-electron chi connectivity index (χ1n) is 41.7. The Morgan fingerprint density at radius 1 is 0.280 bits per heavy atom. The Labute approximate surface area is 613 Å². The number of ether oxygens (including phenoxy) is 4. The molecule has 19 heteroatoms. The van der Waals surface area contributed by atoms with Crippen molar-refractivity contribution in [3.63, 3.8) is 0 Å². The highest BCUT2D eigenvalue weighted by atomic mass is 31.2. The van der Waals surface area contributed by atoms with E-state index in [0.717, 1.165) is 114 Å². The van der Waals surface area contributed by atoms with Gasteiger partial charge in [0.25, 0.3) is 0 Å². The van der Waals surface area contributed by atoms with Crippen LogP contribution in [0.25, 0.3) is 0 Å². The van der Waals surface area contributed by atoms with Gasteiger partial charge in [-0.2, -0.15) is 0 Å². The number of hydrogen-bond acceptors (Lipinski definition) is 15. The molecule has 0 aromatic rings. The minimum Gasteiger partial charge on any atom is -0.462 e. The normalized spacial score (nSPS) is 14.3. The van der Waals surface area contributed by atoms with Gasteiger partial charge in [0.15, 0.2) is 12.2 Å². The lowest BCUT2D eigenvalue weighted by Gasteiger charge is -2.21. The third-order valence-electron chi connectivity index (χ3n) is 19.2. The lowest BCUT2D eigenvalue weighted by Crippen LogP contribution is -2.30. The largest absolute Gasteiger partial charge is 0.472 e. The summed E-state index contributed by atoms with van der Waals surface area (Å²) < 4.78 is 68.6. The Morgan fingerprint density at radius 3 is 0.710 bits per heavy atom. The second kappa shape index (κ2) is 70.1. The molecule has 0 saturated carbocycles. The lowest BCUT2D eigenvalue weighted by molar-refractivity contribution is -0.161. The molecule has 0 aliphatic heterocycles. The van der Waals surface area contributed by atoms with Crippen molar-refractivity contribution in [2.45, 2.75) is 433 Å². The van der Waals surface area contributed by atoms with Crippen molar-refractivity contribution >= 4 is 39.5 Å². The van der Waals surface area contributed by atoms with Crippen LogP contribution in [-0.4, -0.2) is 96.7 Å². The van der Waals surface area contributed by atoms with Crippen molar-refractivity contribution in [3.8, 4) is 0 Å². The van der Waals surface area contributed by atoms with Crippen LogP contribution in [0.3, 0.4) is 0 Å². The summed E-state index contributed by atoms with van der Waals surface area (Å²) in [5, 5.41) is 10.6. The first-order valence-corrected chi connectivity index (χ1v) is 44.7. The predicted molar refractivity (Wildman–Crippen MR) is 409 cm³/mol. The zero-order valence-electron chi connectivity index (χ0n) is 65.8. The van der Waals surface area contributed by atoms with Crippen molar-refractivity contribution in [1.29, 1.82) is 0 Å². The highest BCUT2D eigenvalue weighted by Crippen LogP contribution is 2.45. The Hall–Kier alpha value is -1.94. The van der Waals surface area contributed by atoms with Crippen molar-refractivity contribution in [2.75, 3.05) is 39.6 Å². The van der Waals surface area contributed by atoms with E-state index >= 15 is 0 Å². The summed E-state index contributed by atoms with van der Waals surface area (Å²) in [6, 6.07) is 0. The molecule has 0 spiro atoms. The average molecular weight is 1470 g/mol. The minimum absolute atomic E-state index is 0.103. The SMILES string of the molecule is CCC(C)CCCCCCCCC(=O)O[C@H](COC(=O)CCCCCCCCCCCCCCCCCCCCC(C)C)COP(=O)(O)OCC(O)COP(=O)(O)OC[C@@H](COC(=O)CCCCCCCCCC(C)C)OC(=O)CCCCCCCCCCCCCCCCCCC(C)C. The quantitative estimate of drug-likeness (QED) is 0.0222. The molecule has 0 amide bonds. The van der Waals surface area contributed by atoms with E-state index in [2.05, 4.69) is 55.4 Å². The highest BCUT2D eigenvalue weighted by Gasteiger charge is 2.30. The van der Waals surface area contributed by atoms with Crippen LogP contribution in [0.1, 0.15) is 415 Å². The molecule has 0 heterocycles. The molecule has 4 unspecified atom stereocenters. The monoisotopic (exact) mass is 1470 g/mol. The molecule has 0 rings (SSSR count). The first kappa shape index (κ1) is 98.1. The van der Waals surface area contributed by atoms with Crippen LogP contribution in [-0.2, 0) is 65.4 Å². The molecule has 17 nitrogen and oxygen atoms in total. The smallest absolute Gasteiger partial charge is 0.462 e. The van der Waals surface area contributed by atoms with Gasteiger partial charge in [0.05, 0.1) is 26.4 Å². The van der Waals surface area contributed by atoms with Crippen LogP contribution in [0.5, 0.6) is 0 Å². The van der Waals surface area contributed by atoms with E-state index in [1.807, 2.05) is 0 Å². The summed E-state index contributed by atoms with van der Waals surface area (Å²) in [5.74, 6) is 0.938. The molecule has 0 aromatic heterocycles. The second-order valence-electron chi connectivity index (χ2n) is 30.8. The van der Waals surface area contributed by atoms with E-state index in [-0.39, 0.29) is 25.7 Å². The Kier molecular flexibility index (Phi) is 68.7. The van der Waals surface area contributed by atoms with Crippen molar-refractivity contribution in [3.05, 3.63) is 0 Å². The summed E-state index contributed by atoms with van der Waals surface area (Å²) in [6.45, 7) is 14.2. The topological polar surface area (TPSA) is 237 Å². The molecule has 3 N–H and O–H groups in total. The summed E-state index contributed by atoms with van der Waals surface area (Å²) in [4.78, 5) is 72.9. The Bertz CT molecular complexity index is 1960. The number of unbranched alkanes of at least 4 members (excludes halogenated alkanes) is 43. The molecule has 6 atom stereocenters. The molecule has 100 heavy (non-hydrogen) atoms. The summed E-state index contributed by atoms with van der Waals surface area (Å²) >= 11 is 0. The molecule has 0 radical (unpaired) electrons. The zero-order valence-corrected chi connectivity index (χ0v) is 67.6. The Morgan fingerprint density at radius 2 is 0.480 bits per heavy atom. The predicted octanol–water partition coefficient (Wildman–Crippen LogP) is 24.0. The van der Waals surface area contributed by atoms with Gasteiger partial charge in [0.1, 0.15) is 19.3 Å². The molecular weight excluding hydrogens is 1310 g/mol. The van der Waals surface area contributed by atoms with Gasteiger partial charge in [-0.3, -0.25) is 37.3 Å². The van der Waals surface area contributed by atoms with E-state index in [1.165, 1.54) is 212 Å². The van der Waals surface area contributed by atoms with Gasteiger partial charge in [-0.25, -0.2) is 9.13 Å². The van der Waals surface area contributed by atoms with Crippen LogP contribution in [0.2, 0.25) is 0 Å². The molecule has 0 aromatic carbocycles. The van der Waals surface area contributed by atoms with Crippen molar-refractivity contribution in [1.82, 2.24) is 0 Å².